The van der Waals surface area contributed by atoms with Gasteiger partial charge in [-0.3, -0.25) is 0 Å². The highest BCUT2D eigenvalue weighted by atomic mass is 16.4. The summed E-state index contributed by atoms with van der Waals surface area (Å²) < 4.78 is 0. The molecule has 23 heavy (non-hydrogen) atoms. The van der Waals surface area contributed by atoms with Crippen molar-refractivity contribution in [3.05, 3.63) is 29.8 Å². The molecule has 4 N–H and O–H groups in total. The van der Waals surface area contributed by atoms with Crippen LogP contribution in [0.15, 0.2) is 24.3 Å². The van der Waals surface area contributed by atoms with E-state index in [1.807, 2.05) is 0 Å². The van der Waals surface area contributed by atoms with Crippen LogP contribution in [0.3, 0.4) is 0 Å². The van der Waals surface area contributed by atoms with Crippen LogP contribution >= 0.6 is 0 Å². The molecular weight excluding hydrogens is 288 g/mol. The Labute approximate surface area is 141 Å². The third kappa shape index (κ3) is 12.7. The molecule has 4 heteroatoms. The van der Waals surface area contributed by atoms with Gasteiger partial charge in [-0.25, -0.2) is 4.79 Å². The maximum atomic E-state index is 10.3. The van der Waals surface area contributed by atoms with Crippen molar-refractivity contribution >= 4 is 11.7 Å². The Morgan fingerprint density at radius 2 is 1.78 bits per heavy atom. The van der Waals surface area contributed by atoms with Crippen molar-refractivity contribution in [1.29, 1.82) is 0 Å². The van der Waals surface area contributed by atoms with E-state index in [1.165, 1.54) is 50.9 Å². The first-order valence-electron chi connectivity index (χ1n) is 8.66. The molecule has 0 amide bonds. The van der Waals surface area contributed by atoms with Crippen LogP contribution in [0.2, 0.25) is 0 Å². The molecule has 1 atom stereocenters. The topological polar surface area (TPSA) is 75.3 Å². The van der Waals surface area contributed by atoms with Gasteiger partial charge in [-0.2, -0.15) is 0 Å². The van der Waals surface area contributed by atoms with Crippen molar-refractivity contribution < 1.29 is 9.90 Å². The van der Waals surface area contributed by atoms with Crippen molar-refractivity contribution in [1.82, 2.24) is 5.32 Å². The van der Waals surface area contributed by atoms with Crippen molar-refractivity contribution in [3.8, 4) is 0 Å². The quantitative estimate of drug-likeness (QED) is 0.465. The number of carbonyl (C=O) groups is 1. The molecule has 0 saturated carbocycles. The summed E-state index contributed by atoms with van der Waals surface area (Å²) in [5.74, 6) is 0.793. The van der Waals surface area contributed by atoms with Gasteiger partial charge in [0, 0.05) is 5.69 Å². The highest BCUT2D eigenvalue weighted by molar-refractivity contribution is 5.87. The van der Waals surface area contributed by atoms with Crippen LogP contribution in [-0.2, 0) is 0 Å². The van der Waals surface area contributed by atoms with E-state index < -0.39 is 5.97 Å². The number of nitrogens with one attached hydrogen (secondary N) is 1. The van der Waals surface area contributed by atoms with Gasteiger partial charge in [-0.05, 0) is 62.0 Å². The van der Waals surface area contributed by atoms with E-state index in [-0.39, 0.29) is 5.56 Å². The Morgan fingerprint density at radius 3 is 2.26 bits per heavy atom. The van der Waals surface area contributed by atoms with E-state index in [0.29, 0.717) is 5.69 Å². The predicted octanol–water partition coefficient (Wildman–Crippen LogP) is 4.42. The van der Waals surface area contributed by atoms with Gasteiger partial charge in [0.05, 0.1) is 5.56 Å². The molecule has 0 heterocycles. The monoisotopic (exact) mass is 322 g/mol. The number of anilines is 1. The van der Waals surface area contributed by atoms with Gasteiger partial charge in [-0.1, -0.05) is 40.5 Å². The largest absolute Gasteiger partial charge is 0.478 e. The van der Waals surface area contributed by atoms with Gasteiger partial charge < -0.3 is 16.2 Å². The van der Waals surface area contributed by atoms with Crippen LogP contribution in [0.25, 0.3) is 0 Å². The molecule has 0 fully saturated rings. The highest BCUT2D eigenvalue weighted by Gasteiger charge is 2.02. The lowest BCUT2D eigenvalue weighted by Crippen LogP contribution is -2.21. The summed E-state index contributed by atoms with van der Waals surface area (Å²) in [5.41, 5.74) is 6.17. The first kappa shape index (κ1) is 21.4. The summed E-state index contributed by atoms with van der Waals surface area (Å²) in [5, 5.41) is 11.9. The summed E-state index contributed by atoms with van der Waals surface area (Å²) in [6.45, 7) is 11.6. The number of hydrogen-bond acceptors (Lipinski definition) is 3. The Bertz CT molecular complexity index is 416. The summed E-state index contributed by atoms with van der Waals surface area (Å²) in [6, 6.07) is 6.06. The first-order chi connectivity index (χ1) is 10.9. The van der Waals surface area contributed by atoms with Crippen LogP contribution in [0, 0.1) is 11.8 Å². The number of aromatic carboxylic acids is 1. The first-order valence-corrected chi connectivity index (χ1v) is 8.66. The maximum Gasteiger partial charge on any atom is 0.335 e. The van der Waals surface area contributed by atoms with E-state index in [9.17, 15) is 4.79 Å². The zero-order valence-electron chi connectivity index (χ0n) is 15.1. The molecule has 1 aromatic rings. The van der Waals surface area contributed by atoms with E-state index in [2.05, 4.69) is 33.0 Å². The fourth-order valence-electron chi connectivity index (χ4n) is 2.13. The molecule has 1 rings (SSSR count). The Balaban J connectivity index is 0.000000433. The number of carboxylic acids is 1. The second-order valence-corrected chi connectivity index (χ2v) is 6.56. The second kappa shape index (κ2) is 12.9. The highest BCUT2D eigenvalue weighted by Crippen LogP contribution is 2.11. The van der Waals surface area contributed by atoms with E-state index in [0.717, 1.165) is 11.8 Å². The minimum absolute atomic E-state index is 0.259. The lowest BCUT2D eigenvalue weighted by molar-refractivity contribution is 0.0697. The third-order valence-electron chi connectivity index (χ3n) is 3.56. The molecule has 132 valence electrons. The zero-order valence-corrected chi connectivity index (χ0v) is 15.1. The Morgan fingerprint density at radius 1 is 1.17 bits per heavy atom. The summed E-state index contributed by atoms with van der Waals surface area (Å²) >= 11 is 0. The summed E-state index contributed by atoms with van der Waals surface area (Å²) in [4.78, 5) is 10.3. The number of nitrogens with two attached hydrogens (primary N) is 1. The minimum atomic E-state index is -0.931. The van der Waals surface area contributed by atoms with E-state index >= 15 is 0 Å². The molecule has 1 aromatic carbocycles. The average Bonchev–Trinajstić information content (AvgIpc) is 2.48. The van der Waals surface area contributed by atoms with Crippen LogP contribution < -0.4 is 11.1 Å². The molecule has 0 radical (unpaired) electrons. The zero-order chi connectivity index (χ0) is 17.7. The third-order valence-corrected chi connectivity index (χ3v) is 3.56. The lowest BCUT2D eigenvalue weighted by Gasteiger charge is -2.12. The number of benzene rings is 1. The van der Waals surface area contributed by atoms with Crippen LogP contribution in [0.4, 0.5) is 5.69 Å². The van der Waals surface area contributed by atoms with Crippen molar-refractivity contribution in [2.24, 2.45) is 11.8 Å². The van der Waals surface area contributed by atoms with Crippen molar-refractivity contribution in [2.45, 2.75) is 53.4 Å². The summed E-state index contributed by atoms with van der Waals surface area (Å²) in [6.07, 6.45) is 5.42. The van der Waals surface area contributed by atoms with Crippen LogP contribution in [-0.4, -0.2) is 24.2 Å². The Hall–Kier alpha value is -1.55. The van der Waals surface area contributed by atoms with Gasteiger partial charge in [0.1, 0.15) is 0 Å². The molecule has 0 saturated heterocycles. The Kier molecular flexibility index (Phi) is 12.1. The predicted molar refractivity (Wildman–Crippen MR) is 98.8 cm³/mol. The van der Waals surface area contributed by atoms with Gasteiger partial charge in [-0.15, -0.1) is 0 Å². The minimum Gasteiger partial charge on any atom is -0.478 e. The average molecular weight is 322 g/mol. The number of carboxylic acid groups (broad SMARTS) is 1. The number of hydrogen-bond donors (Lipinski definition) is 3. The van der Waals surface area contributed by atoms with E-state index in [1.54, 1.807) is 12.1 Å². The molecule has 0 aliphatic heterocycles. The molecule has 0 spiro atoms. The molecule has 0 bridgehead atoms. The van der Waals surface area contributed by atoms with E-state index in [4.69, 9.17) is 10.8 Å². The smallest absolute Gasteiger partial charge is 0.335 e. The van der Waals surface area contributed by atoms with Crippen LogP contribution in [0.5, 0.6) is 0 Å². The molecule has 0 aliphatic carbocycles. The van der Waals surface area contributed by atoms with Crippen LogP contribution in [0.1, 0.15) is 63.7 Å². The van der Waals surface area contributed by atoms with Gasteiger partial charge in [0.15, 0.2) is 0 Å². The molecule has 0 aromatic heterocycles. The molecule has 4 nitrogen and oxygen atoms in total. The normalized spacial score (nSPS) is 11.7. The number of rotatable bonds is 9. The SMILES string of the molecule is CCCNCC(C)CCCC(C)C.Nc1ccc(C(=O)O)cc1. The molecule has 0 aliphatic rings. The van der Waals surface area contributed by atoms with Crippen molar-refractivity contribution in [3.63, 3.8) is 0 Å². The standard InChI is InChI=1S/C12H27N.C7H7NO2/c1-5-9-13-10-12(4)8-6-7-11(2)3;8-6-3-1-5(2-4-6)7(9)10/h11-13H,5-10H2,1-4H3;1-4H,8H2,(H,9,10). The van der Waals surface area contributed by atoms with Crippen molar-refractivity contribution in [2.75, 3.05) is 18.8 Å². The molecular formula is C19H34N2O2. The van der Waals surface area contributed by atoms with Gasteiger partial charge in [0.25, 0.3) is 0 Å². The second-order valence-electron chi connectivity index (χ2n) is 6.56. The van der Waals surface area contributed by atoms with Gasteiger partial charge >= 0.3 is 5.97 Å². The fourth-order valence-corrected chi connectivity index (χ4v) is 2.13. The summed E-state index contributed by atoms with van der Waals surface area (Å²) in [7, 11) is 0. The maximum absolute atomic E-state index is 10.3. The fraction of sp³-hybridized carbons (Fsp3) is 0.632. The van der Waals surface area contributed by atoms with Gasteiger partial charge in [0.2, 0.25) is 0 Å². The number of nitrogen functional groups attached to an aromatic ring is 1. The molecule has 1 unspecified atom stereocenters. The lowest BCUT2D eigenvalue weighted by atomic mass is 10.00.